The third-order valence-electron chi connectivity index (χ3n) is 3.57. The highest BCUT2D eigenvalue weighted by Gasteiger charge is 2.18. The third kappa shape index (κ3) is 3.87. The third-order valence-corrected chi connectivity index (χ3v) is 3.57. The van der Waals surface area contributed by atoms with Gasteiger partial charge in [0.15, 0.2) is 11.5 Å². The van der Waals surface area contributed by atoms with E-state index in [-0.39, 0.29) is 0 Å². The van der Waals surface area contributed by atoms with E-state index in [0.29, 0.717) is 25.2 Å². The molecule has 1 heterocycles. The second kappa shape index (κ2) is 6.95. The van der Waals surface area contributed by atoms with E-state index >= 15 is 0 Å². The van der Waals surface area contributed by atoms with Gasteiger partial charge in [-0.3, -0.25) is 0 Å². The summed E-state index contributed by atoms with van der Waals surface area (Å²) in [5, 5.41) is 3.64. The van der Waals surface area contributed by atoms with Crippen molar-refractivity contribution < 1.29 is 9.47 Å². The highest BCUT2D eigenvalue weighted by atomic mass is 16.6. The van der Waals surface area contributed by atoms with Gasteiger partial charge in [-0.15, -0.1) is 0 Å². The molecule has 0 bridgehead atoms. The molecule has 0 aliphatic carbocycles. The molecule has 0 spiro atoms. The van der Waals surface area contributed by atoms with Gasteiger partial charge < -0.3 is 19.7 Å². The molecular weight excluding hydrogens is 252 g/mol. The first-order valence-electron chi connectivity index (χ1n) is 7.33. The average Bonchev–Trinajstić information content (AvgIpc) is 2.42. The van der Waals surface area contributed by atoms with Crippen LogP contribution in [-0.2, 0) is 6.54 Å². The Morgan fingerprint density at radius 3 is 2.65 bits per heavy atom. The van der Waals surface area contributed by atoms with Crippen LogP contribution in [0.3, 0.4) is 0 Å². The van der Waals surface area contributed by atoms with Gasteiger partial charge in [0.25, 0.3) is 0 Å². The molecule has 4 nitrogen and oxygen atoms in total. The van der Waals surface area contributed by atoms with Crippen molar-refractivity contribution in [3.8, 4) is 11.5 Å². The summed E-state index contributed by atoms with van der Waals surface area (Å²) in [7, 11) is 4.22. The lowest BCUT2D eigenvalue weighted by Crippen LogP contribution is -2.41. The number of hydrogen-bond donors (Lipinski definition) is 1. The van der Waals surface area contributed by atoms with Crippen molar-refractivity contribution in [2.75, 3.05) is 33.9 Å². The molecule has 1 aromatic carbocycles. The average molecular weight is 278 g/mol. The first-order chi connectivity index (χ1) is 9.58. The van der Waals surface area contributed by atoms with Crippen molar-refractivity contribution in [2.24, 2.45) is 5.92 Å². The fourth-order valence-corrected chi connectivity index (χ4v) is 2.42. The van der Waals surface area contributed by atoms with Crippen LogP contribution in [0.1, 0.15) is 19.4 Å². The zero-order chi connectivity index (χ0) is 14.5. The largest absolute Gasteiger partial charge is 0.486 e. The number of rotatable bonds is 6. The minimum atomic E-state index is 0.463. The maximum absolute atomic E-state index is 5.75. The minimum absolute atomic E-state index is 0.463. The molecule has 0 saturated heterocycles. The summed E-state index contributed by atoms with van der Waals surface area (Å²) in [5.41, 5.74) is 1.17. The Morgan fingerprint density at radius 1 is 1.20 bits per heavy atom. The van der Waals surface area contributed by atoms with Crippen LogP contribution in [0.25, 0.3) is 0 Å². The fourth-order valence-electron chi connectivity index (χ4n) is 2.42. The van der Waals surface area contributed by atoms with Gasteiger partial charge in [-0.1, -0.05) is 26.0 Å². The second-order valence-electron chi connectivity index (χ2n) is 5.93. The van der Waals surface area contributed by atoms with Crippen LogP contribution < -0.4 is 14.8 Å². The van der Waals surface area contributed by atoms with E-state index in [0.717, 1.165) is 24.6 Å². The van der Waals surface area contributed by atoms with Gasteiger partial charge in [0.05, 0.1) is 0 Å². The van der Waals surface area contributed by atoms with Gasteiger partial charge in [0.1, 0.15) is 13.2 Å². The summed E-state index contributed by atoms with van der Waals surface area (Å²) in [6, 6.07) is 6.57. The Hall–Kier alpha value is -1.26. The van der Waals surface area contributed by atoms with E-state index in [4.69, 9.17) is 9.47 Å². The molecule has 0 radical (unpaired) electrons. The molecular formula is C16H26N2O2. The van der Waals surface area contributed by atoms with Crippen LogP contribution in [0.5, 0.6) is 11.5 Å². The predicted octanol–water partition coefficient (Wildman–Crippen LogP) is 2.13. The number of ether oxygens (including phenoxy) is 2. The van der Waals surface area contributed by atoms with Gasteiger partial charge >= 0.3 is 0 Å². The molecule has 2 rings (SSSR count). The van der Waals surface area contributed by atoms with Gasteiger partial charge in [0, 0.05) is 24.7 Å². The lowest BCUT2D eigenvalue weighted by Gasteiger charge is -2.27. The van der Waals surface area contributed by atoms with Gasteiger partial charge in [-0.05, 0) is 26.1 Å². The highest BCUT2D eigenvalue weighted by molar-refractivity contribution is 5.47. The van der Waals surface area contributed by atoms with Crippen LogP contribution >= 0.6 is 0 Å². The molecule has 1 aliphatic rings. The van der Waals surface area contributed by atoms with Crippen molar-refractivity contribution in [3.05, 3.63) is 23.8 Å². The molecule has 0 aromatic heterocycles. The molecule has 0 saturated carbocycles. The lowest BCUT2D eigenvalue weighted by atomic mass is 10.0. The van der Waals surface area contributed by atoms with E-state index in [1.807, 2.05) is 12.1 Å². The Kier molecular flexibility index (Phi) is 5.26. The predicted molar refractivity (Wildman–Crippen MR) is 81.5 cm³/mol. The van der Waals surface area contributed by atoms with Crippen molar-refractivity contribution >= 4 is 0 Å². The zero-order valence-electron chi connectivity index (χ0n) is 13.0. The number of likely N-dealkylation sites (N-methyl/N-ethyl adjacent to an activating group) is 1. The van der Waals surface area contributed by atoms with Gasteiger partial charge in [-0.2, -0.15) is 0 Å². The Morgan fingerprint density at radius 2 is 1.95 bits per heavy atom. The maximum Gasteiger partial charge on any atom is 0.165 e. The molecule has 1 N–H and O–H groups in total. The molecule has 1 aliphatic heterocycles. The van der Waals surface area contributed by atoms with Crippen molar-refractivity contribution in [2.45, 2.75) is 26.4 Å². The summed E-state index contributed by atoms with van der Waals surface area (Å²) in [6.07, 6.45) is 0. The number of fused-ring (bicyclic) bond motifs is 1. The van der Waals surface area contributed by atoms with Crippen molar-refractivity contribution in [3.63, 3.8) is 0 Å². The van der Waals surface area contributed by atoms with E-state index < -0.39 is 0 Å². The molecule has 0 fully saturated rings. The molecule has 20 heavy (non-hydrogen) atoms. The number of hydrogen-bond acceptors (Lipinski definition) is 4. The van der Waals surface area contributed by atoms with Gasteiger partial charge in [0.2, 0.25) is 0 Å². The van der Waals surface area contributed by atoms with Crippen LogP contribution in [0.4, 0.5) is 0 Å². The Labute approximate surface area is 122 Å². The molecule has 1 unspecified atom stereocenters. The standard InChI is InChI=1S/C16H26N2O2/c1-12(2)14(11-18(3)4)17-10-13-6-5-7-15-16(13)20-9-8-19-15/h5-7,12,14,17H,8-11H2,1-4H3. The molecule has 1 atom stereocenters. The first-order valence-corrected chi connectivity index (χ1v) is 7.33. The molecule has 0 amide bonds. The number of para-hydroxylation sites is 1. The number of nitrogens with zero attached hydrogens (tertiary/aromatic N) is 1. The SMILES string of the molecule is CC(C)C(CN(C)C)NCc1cccc2c1OCCO2. The van der Waals surface area contributed by atoms with Crippen LogP contribution in [0, 0.1) is 5.92 Å². The maximum atomic E-state index is 5.75. The lowest BCUT2D eigenvalue weighted by molar-refractivity contribution is 0.169. The Bertz CT molecular complexity index is 432. The summed E-state index contributed by atoms with van der Waals surface area (Å²) in [5.74, 6) is 2.36. The van der Waals surface area contributed by atoms with E-state index in [2.05, 4.69) is 44.2 Å². The van der Waals surface area contributed by atoms with E-state index in [1.165, 1.54) is 5.56 Å². The number of nitrogens with one attached hydrogen (secondary N) is 1. The van der Waals surface area contributed by atoms with Gasteiger partial charge in [-0.25, -0.2) is 0 Å². The summed E-state index contributed by atoms with van der Waals surface area (Å²) in [6.45, 7) is 7.62. The van der Waals surface area contributed by atoms with Crippen LogP contribution in [-0.4, -0.2) is 44.8 Å². The van der Waals surface area contributed by atoms with Crippen molar-refractivity contribution in [1.29, 1.82) is 0 Å². The summed E-state index contributed by atoms with van der Waals surface area (Å²) < 4.78 is 11.4. The second-order valence-corrected chi connectivity index (χ2v) is 5.93. The Balaban J connectivity index is 2.02. The summed E-state index contributed by atoms with van der Waals surface area (Å²) >= 11 is 0. The van der Waals surface area contributed by atoms with E-state index in [9.17, 15) is 0 Å². The molecule has 4 heteroatoms. The topological polar surface area (TPSA) is 33.7 Å². The fraction of sp³-hybridized carbons (Fsp3) is 0.625. The smallest absolute Gasteiger partial charge is 0.165 e. The number of benzene rings is 1. The minimum Gasteiger partial charge on any atom is -0.486 e. The molecule has 1 aromatic rings. The van der Waals surface area contributed by atoms with Crippen LogP contribution in [0.2, 0.25) is 0 Å². The van der Waals surface area contributed by atoms with Crippen LogP contribution in [0.15, 0.2) is 18.2 Å². The first kappa shape index (κ1) is 15.1. The monoisotopic (exact) mass is 278 g/mol. The molecule has 112 valence electrons. The summed E-state index contributed by atoms with van der Waals surface area (Å²) in [4.78, 5) is 2.22. The zero-order valence-corrected chi connectivity index (χ0v) is 13.0. The quantitative estimate of drug-likeness (QED) is 0.864. The van der Waals surface area contributed by atoms with E-state index in [1.54, 1.807) is 0 Å². The van der Waals surface area contributed by atoms with Crippen molar-refractivity contribution in [1.82, 2.24) is 10.2 Å². The highest BCUT2D eigenvalue weighted by Crippen LogP contribution is 2.33. The normalized spacial score (nSPS) is 15.7.